The van der Waals surface area contributed by atoms with Gasteiger partial charge in [0.05, 0.1) is 12.7 Å². The highest BCUT2D eigenvalue weighted by Gasteiger charge is 2.30. The minimum Gasteiger partial charge on any atom is -0.394 e. The summed E-state index contributed by atoms with van der Waals surface area (Å²) >= 11 is 0. The van der Waals surface area contributed by atoms with Gasteiger partial charge < -0.3 is 15.9 Å². The van der Waals surface area contributed by atoms with Crippen LogP contribution in [0.3, 0.4) is 0 Å². The van der Waals surface area contributed by atoms with Gasteiger partial charge in [-0.3, -0.25) is 9.80 Å². The van der Waals surface area contributed by atoms with Crippen molar-refractivity contribution in [2.24, 2.45) is 5.73 Å². The van der Waals surface area contributed by atoms with Gasteiger partial charge in [0.15, 0.2) is 0 Å². The molecule has 0 bridgehead atoms. The zero-order chi connectivity index (χ0) is 12.3. The highest BCUT2D eigenvalue weighted by atomic mass is 16.3. The highest BCUT2D eigenvalue weighted by molar-refractivity contribution is 4.87. The molecular formula is C12H25N3O2. The monoisotopic (exact) mass is 243 g/mol. The minimum absolute atomic E-state index is 0.139. The summed E-state index contributed by atoms with van der Waals surface area (Å²) < 4.78 is 0. The van der Waals surface area contributed by atoms with Crippen molar-refractivity contribution in [2.45, 2.75) is 37.5 Å². The summed E-state index contributed by atoms with van der Waals surface area (Å²) in [4.78, 5) is 4.79. The molecule has 100 valence electrons. The van der Waals surface area contributed by atoms with E-state index in [0.29, 0.717) is 18.6 Å². The van der Waals surface area contributed by atoms with E-state index in [1.807, 2.05) is 0 Å². The van der Waals surface area contributed by atoms with E-state index >= 15 is 0 Å². The standard InChI is InChI=1S/C12H25N3O2/c13-10-1-5-15(6-2-10)11-3-4-14(7-11)8-12(17)9-16/h10-12,16-17H,1-9,13H2. The largest absolute Gasteiger partial charge is 0.394 e. The van der Waals surface area contributed by atoms with E-state index < -0.39 is 6.10 Å². The smallest absolute Gasteiger partial charge is 0.0897 e. The molecule has 2 heterocycles. The van der Waals surface area contributed by atoms with Gasteiger partial charge in [0.1, 0.15) is 0 Å². The Bertz CT molecular complexity index is 232. The van der Waals surface area contributed by atoms with Gasteiger partial charge in [-0.2, -0.15) is 0 Å². The molecule has 0 amide bonds. The molecule has 0 aliphatic carbocycles. The Hall–Kier alpha value is -0.200. The molecule has 5 heteroatoms. The Kier molecular flexibility index (Phi) is 4.76. The number of piperidine rings is 1. The Morgan fingerprint density at radius 1 is 1.18 bits per heavy atom. The van der Waals surface area contributed by atoms with E-state index in [2.05, 4.69) is 9.80 Å². The first-order valence-corrected chi connectivity index (χ1v) is 6.70. The van der Waals surface area contributed by atoms with Crippen molar-refractivity contribution < 1.29 is 10.2 Å². The molecule has 2 atom stereocenters. The van der Waals surface area contributed by atoms with Crippen LogP contribution in [-0.4, -0.2) is 77.5 Å². The molecule has 17 heavy (non-hydrogen) atoms. The first-order valence-electron chi connectivity index (χ1n) is 6.70. The number of aliphatic hydroxyl groups is 2. The summed E-state index contributed by atoms with van der Waals surface area (Å²) in [5, 5.41) is 18.3. The molecule has 5 nitrogen and oxygen atoms in total. The second-order valence-corrected chi connectivity index (χ2v) is 5.41. The van der Waals surface area contributed by atoms with Crippen molar-refractivity contribution in [3.8, 4) is 0 Å². The zero-order valence-corrected chi connectivity index (χ0v) is 10.5. The van der Waals surface area contributed by atoms with Crippen LogP contribution in [0.4, 0.5) is 0 Å². The van der Waals surface area contributed by atoms with Crippen LogP contribution < -0.4 is 5.73 Å². The van der Waals surface area contributed by atoms with Crippen LogP contribution in [0, 0.1) is 0 Å². The summed E-state index contributed by atoms with van der Waals surface area (Å²) in [6.07, 6.45) is 2.79. The van der Waals surface area contributed by atoms with Gasteiger partial charge in [0.2, 0.25) is 0 Å². The fourth-order valence-electron chi connectivity index (χ4n) is 2.92. The normalized spacial score (nSPS) is 30.9. The van der Waals surface area contributed by atoms with Gasteiger partial charge in [0, 0.05) is 25.2 Å². The van der Waals surface area contributed by atoms with Crippen molar-refractivity contribution >= 4 is 0 Å². The molecular weight excluding hydrogens is 218 g/mol. The molecule has 2 saturated heterocycles. The predicted octanol–water partition coefficient (Wildman–Crippen LogP) is -1.16. The maximum absolute atomic E-state index is 9.43. The third-order valence-electron chi connectivity index (χ3n) is 4.02. The van der Waals surface area contributed by atoms with E-state index in [1.54, 1.807) is 0 Å². The fourth-order valence-corrected chi connectivity index (χ4v) is 2.92. The first kappa shape index (κ1) is 13.2. The second kappa shape index (κ2) is 6.11. The molecule has 0 radical (unpaired) electrons. The molecule has 0 saturated carbocycles. The van der Waals surface area contributed by atoms with Crippen LogP contribution in [0.1, 0.15) is 19.3 Å². The number of likely N-dealkylation sites (tertiary alicyclic amines) is 2. The lowest BCUT2D eigenvalue weighted by Gasteiger charge is -2.34. The summed E-state index contributed by atoms with van der Waals surface area (Å²) in [7, 11) is 0. The van der Waals surface area contributed by atoms with Crippen LogP contribution in [0.25, 0.3) is 0 Å². The van der Waals surface area contributed by atoms with E-state index in [-0.39, 0.29) is 6.61 Å². The van der Waals surface area contributed by atoms with Gasteiger partial charge in [-0.15, -0.1) is 0 Å². The lowest BCUT2D eigenvalue weighted by atomic mass is 10.0. The topological polar surface area (TPSA) is 73.0 Å². The molecule has 2 aliphatic heterocycles. The van der Waals surface area contributed by atoms with E-state index in [0.717, 1.165) is 39.0 Å². The SMILES string of the molecule is NC1CCN(C2CCN(CC(O)CO)C2)CC1. The maximum atomic E-state index is 9.43. The number of β-amino-alcohol motifs (C(OH)–C–C–N with tert-alkyl or cyclic N) is 1. The lowest BCUT2D eigenvalue weighted by Crippen LogP contribution is -2.46. The Morgan fingerprint density at radius 2 is 1.88 bits per heavy atom. The van der Waals surface area contributed by atoms with Crippen molar-refractivity contribution in [1.82, 2.24) is 9.80 Å². The van der Waals surface area contributed by atoms with Crippen LogP contribution in [-0.2, 0) is 0 Å². The lowest BCUT2D eigenvalue weighted by molar-refractivity contribution is 0.0624. The zero-order valence-electron chi connectivity index (χ0n) is 10.5. The average Bonchev–Trinajstić information content (AvgIpc) is 2.78. The number of nitrogens with two attached hydrogens (primary N) is 1. The highest BCUT2D eigenvalue weighted by Crippen LogP contribution is 2.19. The van der Waals surface area contributed by atoms with Crippen LogP contribution in [0.5, 0.6) is 0 Å². The molecule has 2 rings (SSSR count). The maximum Gasteiger partial charge on any atom is 0.0897 e. The molecule has 0 aromatic carbocycles. The Balaban J connectivity index is 1.74. The number of aliphatic hydroxyl groups excluding tert-OH is 2. The summed E-state index contributed by atoms with van der Waals surface area (Å²) in [6, 6.07) is 1.01. The third-order valence-corrected chi connectivity index (χ3v) is 4.02. The third kappa shape index (κ3) is 3.63. The second-order valence-electron chi connectivity index (χ2n) is 5.41. The van der Waals surface area contributed by atoms with E-state index in [4.69, 9.17) is 10.8 Å². The van der Waals surface area contributed by atoms with Crippen molar-refractivity contribution in [3.63, 3.8) is 0 Å². The van der Waals surface area contributed by atoms with Gasteiger partial charge in [0.25, 0.3) is 0 Å². The Labute approximate surface area is 103 Å². The van der Waals surface area contributed by atoms with Gasteiger partial charge in [-0.1, -0.05) is 0 Å². The fraction of sp³-hybridized carbons (Fsp3) is 1.00. The molecule has 0 spiro atoms. The minimum atomic E-state index is -0.594. The number of rotatable bonds is 4. The number of hydrogen-bond acceptors (Lipinski definition) is 5. The summed E-state index contributed by atoms with van der Waals surface area (Å²) in [5.74, 6) is 0. The van der Waals surface area contributed by atoms with Crippen molar-refractivity contribution in [3.05, 3.63) is 0 Å². The average molecular weight is 243 g/mol. The molecule has 0 aromatic rings. The van der Waals surface area contributed by atoms with Crippen molar-refractivity contribution in [2.75, 3.05) is 39.3 Å². The van der Waals surface area contributed by atoms with E-state index in [9.17, 15) is 5.11 Å². The molecule has 2 aliphatic rings. The molecule has 2 fully saturated rings. The summed E-state index contributed by atoms with van der Waals surface area (Å²) in [5.41, 5.74) is 5.91. The Morgan fingerprint density at radius 3 is 2.53 bits per heavy atom. The molecule has 2 unspecified atom stereocenters. The predicted molar refractivity (Wildman–Crippen MR) is 66.7 cm³/mol. The van der Waals surface area contributed by atoms with Crippen LogP contribution in [0.2, 0.25) is 0 Å². The number of nitrogens with zero attached hydrogens (tertiary/aromatic N) is 2. The van der Waals surface area contributed by atoms with E-state index in [1.165, 1.54) is 6.42 Å². The first-order chi connectivity index (χ1) is 8.19. The number of hydrogen-bond donors (Lipinski definition) is 3. The molecule has 0 aromatic heterocycles. The molecule has 4 N–H and O–H groups in total. The van der Waals surface area contributed by atoms with Gasteiger partial charge >= 0.3 is 0 Å². The van der Waals surface area contributed by atoms with Gasteiger partial charge in [-0.05, 0) is 38.9 Å². The quantitative estimate of drug-likeness (QED) is 0.581. The summed E-state index contributed by atoms with van der Waals surface area (Å²) in [6.45, 7) is 4.74. The van der Waals surface area contributed by atoms with Crippen LogP contribution in [0.15, 0.2) is 0 Å². The van der Waals surface area contributed by atoms with Gasteiger partial charge in [-0.25, -0.2) is 0 Å². The van der Waals surface area contributed by atoms with Crippen LogP contribution >= 0.6 is 0 Å². The van der Waals surface area contributed by atoms with Crippen molar-refractivity contribution in [1.29, 1.82) is 0 Å².